The zero-order chi connectivity index (χ0) is 13.5. The second-order valence-corrected chi connectivity index (χ2v) is 4.43. The van der Waals surface area contributed by atoms with Crippen LogP contribution in [0.1, 0.15) is 16.1 Å². The Balaban J connectivity index is 1.98. The van der Waals surface area contributed by atoms with Gasteiger partial charge in [-0.05, 0) is 17.7 Å². The summed E-state index contributed by atoms with van der Waals surface area (Å²) in [6, 6.07) is 13.5. The van der Waals surface area contributed by atoms with Crippen LogP contribution in [-0.4, -0.2) is 40.5 Å². The summed E-state index contributed by atoms with van der Waals surface area (Å²) in [5.41, 5.74) is 1.74. The summed E-state index contributed by atoms with van der Waals surface area (Å²) in [6.45, 7) is 1.50. The Morgan fingerprint density at radius 3 is 2.58 bits per heavy atom. The van der Waals surface area contributed by atoms with Crippen molar-refractivity contribution < 1.29 is 9.90 Å². The molecule has 0 aliphatic rings. The van der Waals surface area contributed by atoms with E-state index in [1.807, 2.05) is 35.2 Å². The number of aliphatic hydroxyl groups excluding tert-OH is 1. The molecule has 1 heterocycles. The number of H-pyrrole nitrogens is 1. The predicted octanol–water partition coefficient (Wildman–Crippen LogP) is 1.69. The number of Topliss-reactive ketones (excluding diaryl/α,β-unsaturated/α-hetero) is 1. The molecule has 0 saturated heterocycles. The van der Waals surface area contributed by atoms with E-state index in [9.17, 15) is 4.79 Å². The van der Waals surface area contributed by atoms with Gasteiger partial charge in [-0.15, -0.1) is 0 Å². The number of aliphatic hydroxyl groups is 1. The van der Waals surface area contributed by atoms with E-state index in [-0.39, 0.29) is 12.4 Å². The molecule has 19 heavy (non-hydrogen) atoms. The van der Waals surface area contributed by atoms with Crippen LogP contribution in [0.5, 0.6) is 0 Å². The van der Waals surface area contributed by atoms with E-state index in [1.165, 1.54) is 0 Å². The van der Waals surface area contributed by atoms with E-state index in [0.717, 1.165) is 5.56 Å². The molecule has 0 bridgehead atoms. The van der Waals surface area contributed by atoms with E-state index in [2.05, 4.69) is 4.98 Å². The van der Waals surface area contributed by atoms with Gasteiger partial charge in [-0.3, -0.25) is 9.69 Å². The summed E-state index contributed by atoms with van der Waals surface area (Å²) in [5, 5.41) is 9.10. The molecule has 2 N–H and O–H groups in total. The van der Waals surface area contributed by atoms with Crippen molar-refractivity contribution in [3.63, 3.8) is 0 Å². The average molecular weight is 258 g/mol. The van der Waals surface area contributed by atoms with Crippen molar-refractivity contribution in [1.82, 2.24) is 9.88 Å². The molecule has 2 aromatic rings. The number of aromatic nitrogens is 1. The van der Waals surface area contributed by atoms with Crippen LogP contribution < -0.4 is 0 Å². The fraction of sp³-hybridized carbons (Fsp3) is 0.267. The molecule has 4 heteroatoms. The fourth-order valence-electron chi connectivity index (χ4n) is 1.99. The maximum absolute atomic E-state index is 12.0. The standard InChI is InChI=1S/C15H18N2O2/c18-10-9-17(11-13-5-2-1-3-6-13)12-15(19)14-7-4-8-16-14/h1-8,16,18H,9-12H2. The minimum Gasteiger partial charge on any atom is -0.395 e. The number of nitrogens with one attached hydrogen (secondary N) is 1. The Bertz CT molecular complexity index is 494. The van der Waals surface area contributed by atoms with Crippen LogP contribution in [0.4, 0.5) is 0 Å². The lowest BCUT2D eigenvalue weighted by Gasteiger charge is -2.20. The number of benzene rings is 1. The Labute approximate surface area is 112 Å². The van der Waals surface area contributed by atoms with E-state index in [0.29, 0.717) is 25.3 Å². The van der Waals surface area contributed by atoms with Gasteiger partial charge in [0.25, 0.3) is 0 Å². The SMILES string of the molecule is O=C(CN(CCO)Cc1ccccc1)c1ccc[nH]1. The van der Waals surface area contributed by atoms with Gasteiger partial charge in [-0.1, -0.05) is 30.3 Å². The van der Waals surface area contributed by atoms with Crippen molar-refractivity contribution >= 4 is 5.78 Å². The van der Waals surface area contributed by atoms with Crippen LogP contribution >= 0.6 is 0 Å². The molecule has 1 aromatic heterocycles. The van der Waals surface area contributed by atoms with Crippen molar-refractivity contribution in [2.75, 3.05) is 19.7 Å². The third-order valence-corrected chi connectivity index (χ3v) is 2.93. The van der Waals surface area contributed by atoms with Crippen LogP contribution in [0, 0.1) is 0 Å². The van der Waals surface area contributed by atoms with Crippen LogP contribution in [0.3, 0.4) is 0 Å². The van der Waals surface area contributed by atoms with Gasteiger partial charge >= 0.3 is 0 Å². The lowest BCUT2D eigenvalue weighted by atomic mass is 10.2. The molecule has 0 atom stereocenters. The smallest absolute Gasteiger partial charge is 0.192 e. The average Bonchev–Trinajstić information content (AvgIpc) is 2.94. The molecule has 0 amide bonds. The first kappa shape index (κ1) is 13.5. The van der Waals surface area contributed by atoms with Crippen LogP contribution in [-0.2, 0) is 6.54 Å². The predicted molar refractivity (Wildman–Crippen MR) is 73.9 cm³/mol. The number of aromatic amines is 1. The highest BCUT2D eigenvalue weighted by Gasteiger charge is 2.13. The summed E-state index contributed by atoms with van der Waals surface area (Å²) in [4.78, 5) is 16.9. The zero-order valence-electron chi connectivity index (χ0n) is 10.7. The Kier molecular flexibility index (Phi) is 4.89. The molecule has 0 aliphatic carbocycles. The topological polar surface area (TPSA) is 56.3 Å². The van der Waals surface area contributed by atoms with Crippen molar-refractivity contribution in [2.24, 2.45) is 0 Å². The van der Waals surface area contributed by atoms with Gasteiger partial charge in [-0.25, -0.2) is 0 Å². The number of ketones is 1. The molecule has 0 fully saturated rings. The van der Waals surface area contributed by atoms with E-state index < -0.39 is 0 Å². The second kappa shape index (κ2) is 6.87. The van der Waals surface area contributed by atoms with Gasteiger partial charge in [0.2, 0.25) is 0 Å². The minimum atomic E-state index is 0.0365. The number of hydrogen-bond donors (Lipinski definition) is 2. The highest BCUT2D eigenvalue weighted by Crippen LogP contribution is 2.06. The zero-order valence-corrected chi connectivity index (χ0v) is 10.7. The van der Waals surface area contributed by atoms with Gasteiger partial charge in [-0.2, -0.15) is 0 Å². The quantitative estimate of drug-likeness (QED) is 0.743. The summed E-state index contributed by atoms with van der Waals surface area (Å²) < 4.78 is 0. The largest absolute Gasteiger partial charge is 0.395 e. The highest BCUT2D eigenvalue weighted by molar-refractivity contribution is 5.95. The summed E-state index contributed by atoms with van der Waals surface area (Å²) >= 11 is 0. The lowest BCUT2D eigenvalue weighted by Crippen LogP contribution is -2.32. The molecular weight excluding hydrogens is 240 g/mol. The van der Waals surface area contributed by atoms with E-state index >= 15 is 0 Å². The number of rotatable bonds is 7. The molecule has 0 spiro atoms. The van der Waals surface area contributed by atoms with Crippen molar-refractivity contribution in [3.05, 3.63) is 59.9 Å². The first-order valence-corrected chi connectivity index (χ1v) is 6.33. The van der Waals surface area contributed by atoms with E-state index in [4.69, 9.17) is 5.11 Å². The monoisotopic (exact) mass is 258 g/mol. The summed E-state index contributed by atoms with van der Waals surface area (Å²) in [7, 11) is 0. The molecule has 0 radical (unpaired) electrons. The van der Waals surface area contributed by atoms with E-state index in [1.54, 1.807) is 18.3 Å². The molecule has 4 nitrogen and oxygen atoms in total. The number of carbonyl (C=O) groups excluding carboxylic acids is 1. The van der Waals surface area contributed by atoms with Crippen molar-refractivity contribution in [1.29, 1.82) is 0 Å². The molecule has 2 rings (SSSR count). The van der Waals surface area contributed by atoms with Crippen molar-refractivity contribution in [2.45, 2.75) is 6.54 Å². The molecule has 0 unspecified atom stereocenters. The number of carbonyl (C=O) groups is 1. The van der Waals surface area contributed by atoms with Gasteiger partial charge < -0.3 is 10.1 Å². The van der Waals surface area contributed by atoms with Crippen LogP contribution in [0.15, 0.2) is 48.7 Å². The molecule has 100 valence electrons. The van der Waals surface area contributed by atoms with Gasteiger partial charge in [0.1, 0.15) is 0 Å². The first-order chi connectivity index (χ1) is 9.29. The molecule has 1 aromatic carbocycles. The lowest BCUT2D eigenvalue weighted by molar-refractivity contribution is 0.0904. The third kappa shape index (κ3) is 4.05. The second-order valence-electron chi connectivity index (χ2n) is 4.43. The van der Waals surface area contributed by atoms with Crippen molar-refractivity contribution in [3.8, 4) is 0 Å². The maximum Gasteiger partial charge on any atom is 0.192 e. The molecule has 0 saturated carbocycles. The Hall–Kier alpha value is -1.91. The van der Waals surface area contributed by atoms with Crippen LogP contribution in [0.2, 0.25) is 0 Å². The Morgan fingerprint density at radius 2 is 1.95 bits per heavy atom. The fourth-order valence-corrected chi connectivity index (χ4v) is 1.99. The first-order valence-electron chi connectivity index (χ1n) is 6.33. The van der Waals surface area contributed by atoms with Crippen LogP contribution in [0.25, 0.3) is 0 Å². The Morgan fingerprint density at radius 1 is 1.16 bits per heavy atom. The molecule has 0 aliphatic heterocycles. The number of nitrogens with zero attached hydrogens (tertiary/aromatic N) is 1. The minimum absolute atomic E-state index is 0.0365. The highest BCUT2D eigenvalue weighted by atomic mass is 16.3. The van der Waals surface area contributed by atoms with Gasteiger partial charge in [0.05, 0.1) is 18.8 Å². The number of hydrogen-bond acceptors (Lipinski definition) is 3. The normalized spacial score (nSPS) is 10.8. The molecular formula is C15H18N2O2. The summed E-state index contributed by atoms with van der Waals surface area (Å²) in [6.07, 6.45) is 1.74. The van der Waals surface area contributed by atoms with Gasteiger partial charge in [0, 0.05) is 19.3 Å². The maximum atomic E-state index is 12.0. The third-order valence-electron chi connectivity index (χ3n) is 2.93. The van der Waals surface area contributed by atoms with Gasteiger partial charge in [0.15, 0.2) is 5.78 Å². The summed E-state index contributed by atoms with van der Waals surface area (Å²) in [5.74, 6) is 0.0365.